The van der Waals surface area contributed by atoms with Gasteiger partial charge in [-0.3, -0.25) is 0 Å². The molecule has 0 radical (unpaired) electrons. The topological polar surface area (TPSA) is 24.9 Å². The lowest BCUT2D eigenvalue weighted by molar-refractivity contribution is 0.151. The van der Waals surface area contributed by atoms with Crippen molar-refractivity contribution in [2.75, 3.05) is 0 Å². The predicted octanol–water partition coefficient (Wildman–Crippen LogP) is 3.68. The number of hydrogen-bond acceptors (Lipinski definition) is 3. The molecule has 5 heteroatoms. The van der Waals surface area contributed by atoms with Crippen LogP contribution in [0.2, 0.25) is 0 Å². The second-order valence-electron chi connectivity index (χ2n) is 4.03. The van der Waals surface area contributed by atoms with Gasteiger partial charge in [-0.1, -0.05) is 18.2 Å². The first-order chi connectivity index (χ1) is 8.65. The van der Waals surface area contributed by atoms with Crippen molar-refractivity contribution in [3.05, 3.63) is 51.5 Å². The molecular weight excluding hydrogens is 254 g/mol. The molecule has 0 amide bonds. The maximum atomic E-state index is 12.5. The molecule has 1 aromatic heterocycles. The van der Waals surface area contributed by atoms with E-state index in [2.05, 4.69) is 10.3 Å². The SMILES string of the molecule is Cc1csc(CNCc2cccc(C(F)F)c2)n1. The van der Waals surface area contributed by atoms with Gasteiger partial charge in [-0.25, -0.2) is 13.8 Å². The van der Waals surface area contributed by atoms with Crippen molar-refractivity contribution in [3.8, 4) is 0 Å². The zero-order valence-corrected chi connectivity index (χ0v) is 10.8. The number of thiazole rings is 1. The van der Waals surface area contributed by atoms with Crippen molar-refractivity contribution in [3.63, 3.8) is 0 Å². The van der Waals surface area contributed by atoms with Gasteiger partial charge in [-0.2, -0.15) is 0 Å². The molecule has 0 saturated heterocycles. The number of nitrogens with zero attached hydrogens (tertiary/aromatic N) is 1. The van der Waals surface area contributed by atoms with E-state index in [4.69, 9.17) is 0 Å². The van der Waals surface area contributed by atoms with Crippen LogP contribution in [-0.2, 0) is 13.1 Å². The van der Waals surface area contributed by atoms with Crippen LogP contribution in [-0.4, -0.2) is 4.98 Å². The van der Waals surface area contributed by atoms with Gasteiger partial charge in [-0.05, 0) is 18.6 Å². The fourth-order valence-electron chi connectivity index (χ4n) is 1.64. The Morgan fingerprint density at radius 1 is 1.33 bits per heavy atom. The molecule has 18 heavy (non-hydrogen) atoms. The first-order valence-electron chi connectivity index (χ1n) is 5.64. The van der Waals surface area contributed by atoms with Crippen molar-refractivity contribution < 1.29 is 8.78 Å². The van der Waals surface area contributed by atoms with Crippen LogP contribution < -0.4 is 5.32 Å². The van der Waals surface area contributed by atoms with Crippen LogP contribution in [0.3, 0.4) is 0 Å². The Morgan fingerprint density at radius 3 is 2.83 bits per heavy atom. The van der Waals surface area contributed by atoms with Gasteiger partial charge in [0.25, 0.3) is 6.43 Å². The quantitative estimate of drug-likeness (QED) is 0.894. The van der Waals surface area contributed by atoms with Crippen LogP contribution in [0.1, 0.15) is 28.3 Å². The Morgan fingerprint density at radius 2 is 2.17 bits per heavy atom. The highest BCUT2D eigenvalue weighted by Gasteiger charge is 2.06. The molecule has 0 aliphatic carbocycles. The molecule has 0 aliphatic heterocycles. The van der Waals surface area contributed by atoms with E-state index in [1.165, 1.54) is 12.1 Å². The normalized spacial score (nSPS) is 11.1. The van der Waals surface area contributed by atoms with Gasteiger partial charge in [0.2, 0.25) is 0 Å². The molecule has 0 bridgehead atoms. The van der Waals surface area contributed by atoms with Gasteiger partial charge in [0.1, 0.15) is 5.01 Å². The van der Waals surface area contributed by atoms with Gasteiger partial charge < -0.3 is 5.32 Å². The number of halogens is 2. The van der Waals surface area contributed by atoms with E-state index in [0.29, 0.717) is 13.1 Å². The van der Waals surface area contributed by atoms with Gasteiger partial charge in [0.05, 0.1) is 0 Å². The average Bonchev–Trinajstić information content (AvgIpc) is 2.75. The summed E-state index contributed by atoms with van der Waals surface area (Å²) in [6.45, 7) is 3.18. The molecule has 2 nitrogen and oxygen atoms in total. The lowest BCUT2D eigenvalue weighted by atomic mass is 10.1. The fourth-order valence-corrected chi connectivity index (χ4v) is 2.38. The highest BCUT2D eigenvalue weighted by molar-refractivity contribution is 7.09. The van der Waals surface area contributed by atoms with Crippen LogP contribution in [0.25, 0.3) is 0 Å². The largest absolute Gasteiger partial charge is 0.306 e. The molecule has 0 atom stereocenters. The fraction of sp³-hybridized carbons (Fsp3) is 0.308. The van der Waals surface area contributed by atoms with E-state index >= 15 is 0 Å². The summed E-state index contributed by atoms with van der Waals surface area (Å²) in [5, 5.41) is 6.21. The minimum Gasteiger partial charge on any atom is -0.306 e. The smallest absolute Gasteiger partial charge is 0.263 e. The summed E-state index contributed by atoms with van der Waals surface area (Å²) in [7, 11) is 0. The van der Waals surface area contributed by atoms with Gasteiger partial charge in [0.15, 0.2) is 0 Å². The molecule has 0 unspecified atom stereocenters. The van der Waals surface area contributed by atoms with Crippen LogP contribution in [0, 0.1) is 6.92 Å². The minimum absolute atomic E-state index is 0.0689. The number of alkyl halides is 2. The van der Waals surface area contributed by atoms with E-state index < -0.39 is 6.43 Å². The third-order valence-corrected chi connectivity index (χ3v) is 3.44. The van der Waals surface area contributed by atoms with Gasteiger partial charge in [0, 0.05) is 29.7 Å². The molecule has 96 valence electrons. The lowest BCUT2D eigenvalue weighted by Crippen LogP contribution is -2.12. The summed E-state index contributed by atoms with van der Waals surface area (Å²) in [5.41, 5.74) is 1.94. The molecule has 0 fully saturated rings. The maximum Gasteiger partial charge on any atom is 0.263 e. The first kappa shape index (κ1) is 13.1. The van der Waals surface area contributed by atoms with E-state index in [0.717, 1.165) is 16.3 Å². The van der Waals surface area contributed by atoms with E-state index in [1.807, 2.05) is 18.4 Å². The summed E-state index contributed by atoms with van der Waals surface area (Å²) < 4.78 is 25.0. The second-order valence-corrected chi connectivity index (χ2v) is 4.97. The Balaban J connectivity index is 1.88. The molecule has 1 heterocycles. The number of aromatic nitrogens is 1. The second kappa shape index (κ2) is 6.02. The minimum atomic E-state index is -2.41. The third-order valence-electron chi connectivity index (χ3n) is 2.47. The number of hydrogen-bond donors (Lipinski definition) is 1. The summed E-state index contributed by atoms with van der Waals surface area (Å²) in [6.07, 6.45) is -2.41. The van der Waals surface area contributed by atoms with Crippen LogP contribution >= 0.6 is 11.3 Å². The van der Waals surface area contributed by atoms with Crippen LogP contribution in [0.15, 0.2) is 29.6 Å². The Bertz CT molecular complexity index is 511. The van der Waals surface area contributed by atoms with E-state index in [9.17, 15) is 8.78 Å². The molecule has 0 aliphatic rings. The molecule has 2 aromatic rings. The van der Waals surface area contributed by atoms with Gasteiger partial charge in [-0.15, -0.1) is 11.3 Å². The summed E-state index contributed by atoms with van der Waals surface area (Å²) in [6, 6.07) is 6.47. The summed E-state index contributed by atoms with van der Waals surface area (Å²) in [4.78, 5) is 4.32. The molecule has 0 saturated carbocycles. The Kier molecular flexibility index (Phi) is 4.38. The molecule has 0 spiro atoms. The first-order valence-corrected chi connectivity index (χ1v) is 6.52. The molecule has 1 aromatic carbocycles. The predicted molar refractivity (Wildman–Crippen MR) is 68.8 cm³/mol. The van der Waals surface area contributed by atoms with Crippen molar-refractivity contribution in [2.24, 2.45) is 0 Å². The standard InChI is InChI=1S/C13H14F2N2S/c1-9-8-18-12(17-9)7-16-6-10-3-2-4-11(5-10)13(14)15/h2-5,8,13,16H,6-7H2,1H3. The Hall–Kier alpha value is -1.33. The lowest BCUT2D eigenvalue weighted by Gasteiger charge is -2.05. The van der Waals surface area contributed by atoms with E-state index in [-0.39, 0.29) is 5.56 Å². The molecule has 1 N–H and O–H groups in total. The maximum absolute atomic E-state index is 12.5. The average molecular weight is 268 g/mol. The molecular formula is C13H14F2N2S. The number of aryl methyl sites for hydroxylation is 1. The summed E-state index contributed by atoms with van der Waals surface area (Å²) >= 11 is 1.60. The zero-order chi connectivity index (χ0) is 13.0. The zero-order valence-electron chi connectivity index (χ0n) is 9.99. The van der Waals surface area contributed by atoms with Crippen molar-refractivity contribution in [1.29, 1.82) is 0 Å². The monoisotopic (exact) mass is 268 g/mol. The third kappa shape index (κ3) is 3.58. The van der Waals surface area contributed by atoms with Crippen molar-refractivity contribution >= 4 is 11.3 Å². The highest BCUT2D eigenvalue weighted by Crippen LogP contribution is 2.19. The van der Waals surface area contributed by atoms with Crippen molar-refractivity contribution in [2.45, 2.75) is 26.4 Å². The van der Waals surface area contributed by atoms with E-state index in [1.54, 1.807) is 17.4 Å². The highest BCUT2D eigenvalue weighted by atomic mass is 32.1. The number of nitrogens with one attached hydrogen (secondary N) is 1. The van der Waals surface area contributed by atoms with Crippen molar-refractivity contribution in [1.82, 2.24) is 10.3 Å². The van der Waals surface area contributed by atoms with Gasteiger partial charge >= 0.3 is 0 Å². The summed E-state index contributed by atoms with van der Waals surface area (Å²) in [5.74, 6) is 0. The van der Waals surface area contributed by atoms with Crippen LogP contribution in [0.5, 0.6) is 0 Å². The van der Waals surface area contributed by atoms with Crippen LogP contribution in [0.4, 0.5) is 8.78 Å². The Labute approximate surface area is 109 Å². The number of rotatable bonds is 5. The number of benzene rings is 1. The molecule has 2 rings (SSSR count).